The number of carbonyl (C=O) groups excluding carboxylic acids is 1. The number of alkyl halides is 3. The Balaban J connectivity index is 1.32. The smallest absolute Gasteiger partial charge is 0.451 e. The van der Waals surface area contributed by atoms with Crippen molar-refractivity contribution < 1.29 is 27.4 Å². The molecule has 1 unspecified atom stereocenters. The summed E-state index contributed by atoms with van der Waals surface area (Å²) in [5.41, 5.74) is 1.52. The predicted molar refractivity (Wildman–Crippen MR) is 127 cm³/mol. The molecule has 190 valence electrons. The number of hydrogen-bond acceptors (Lipinski definition) is 7. The molecule has 1 atom stereocenters. The summed E-state index contributed by atoms with van der Waals surface area (Å²) < 4.78 is 49.5. The number of halogens is 3. The van der Waals surface area contributed by atoms with Crippen LogP contribution in [0.1, 0.15) is 58.2 Å². The number of rotatable bonds is 8. The van der Waals surface area contributed by atoms with Crippen molar-refractivity contribution in [1.82, 2.24) is 20.3 Å². The summed E-state index contributed by atoms with van der Waals surface area (Å²) in [6.45, 7) is 1.84. The molecule has 1 saturated heterocycles. The fourth-order valence-electron chi connectivity index (χ4n) is 4.04. The van der Waals surface area contributed by atoms with Crippen LogP contribution in [-0.2, 0) is 17.5 Å². The van der Waals surface area contributed by atoms with Crippen molar-refractivity contribution in [3.8, 4) is 16.3 Å². The number of nitrogens with one attached hydrogen (secondary N) is 1. The van der Waals surface area contributed by atoms with Crippen LogP contribution < -0.4 is 10.1 Å². The highest BCUT2D eigenvalue weighted by atomic mass is 32.1. The molecule has 7 nitrogen and oxygen atoms in total. The Bertz CT molecular complexity index is 1210. The third-order valence-corrected chi connectivity index (χ3v) is 7.58. The highest BCUT2D eigenvalue weighted by Crippen LogP contribution is 2.41. The summed E-state index contributed by atoms with van der Waals surface area (Å²) in [6.07, 6.45) is 3.94. The molecule has 2 aliphatic rings. The normalized spacial score (nSPS) is 18.1. The SMILES string of the molecule is O=C(NCc1cnc(C(F)(F)F)nc1)c1cc(OCC2CCOC2)cc(-c2ncc(C3CCC3)s2)c1. The number of thiazole rings is 1. The number of carbonyl (C=O) groups is 1. The van der Waals surface area contributed by atoms with Gasteiger partial charge in [-0.3, -0.25) is 4.79 Å². The van der Waals surface area contributed by atoms with E-state index in [-0.39, 0.29) is 12.5 Å². The molecule has 36 heavy (non-hydrogen) atoms. The molecule has 1 saturated carbocycles. The van der Waals surface area contributed by atoms with Crippen molar-refractivity contribution in [2.24, 2.45) is 5.92 Å². The zero-order chi connectivity index (χ0) is 25.1. The van der Waals surface area contributed by atoms with E-state index in [1.54, 1.807) is 23.5 Å². The standard InChI is InChI=1S/C25H25F3N4O3S/c26-25(27,28)24-31-10-16(11-32-24)9-29-22(33)18-6-19(23-30-12-21(36-23)17-2-1-3-17)8-20(7-18)35-14-15-4-5-34-13-15/h6-8,10-12,15,17H,1-5,9,13-14H2,(H,29,33). The second-order valence-electron chi connectivity index (χ2n) is 9.08. The van der Waals surface area contributed by atoms with E-state index in [9.17, 15) is 18.0 Å². The average molecular weight is 519 g/mol. The Morgan fingerprint density at radius 2 is 1.92 bits per heavy atom. The largest absolute Gasteiger partial charge is 0.493 e. The Kier molecular flexibility index (Phi) is 7.20. The van der Waals surface area contributed by atoms with E-state index >= 15 is 0 Å². The molecule has 2 aromatic heterocycles. The van der Waals surface area contributed by atoms with Gasteiger partial charge in [-0.05, 0) is 43.4 Å². The number of amides is 1. The van der Waals surface area contributed by atoms with Crippen LogP contribution in [0.15, 0.2) is 36.8 Å². The monoisotopic (exact) mass is 518 g/mol. The van der Waals surface area contributed by atoms with Gasteiger partial charge < -0.3 is 14.8 Å². The van der Waals surface area contributed by atoms with Gasteiger partial charge >= 0.3 is 6.18 Å². The molecule has 0 spiro atoms. The lowest BCUT2D eigenvalue weighted by atomic mass is 9.85. The Morgan fingerprint density at radius 1 is 1.11 bits per heavy atom. The quantitative estimate of drug-likeness (QED) is 0.440. The van der Waals surface area contributed by atoms with E-state index in [4.69, 9.17) is 9.47 Å². The van der Waals surface area contributed by atoms with Crippen LogP contribution in [0.25, 0.3) is 10.6 Å². The predicted octanol–water partition coefficient (Wildman–Crippen LogP) is 5.23. The van der Waals surface area contributed by atoms with Gasteiger partial charge in [-0.15, -0.1) is 11.3 Å². The van der Waals surface area contributed by atoms with Crippen molar-refractivity contribution in [3.05, 3.63) is 58.6 Å². The molecule has 11 heteroatoms. The molecular formula is C25H25F3N4O3S. The van der Waals surface area contributed by atoms with Crippen LogP contribution in [0.3, 0.4) is 0 Å². The second-order valence-corrected chi connectivity index (χ2v) is 10.1. The van der Waals surface area contributed by atoms with Crippen LogP contribution in [0.2, 0.25) is 0 Å². The Hall–Kier alpha value is -3.05. The van der Waals surface area contributed by atoms with E-state index in [1.807, 2.05) is 12.3 Å². The van der Waals surface area contributed by atoms with E-state index in [2.05, 4.69) is 20.3 Å². The zero-order valence-corrected chi connectivity index (χ0v) is 20.2. The van der Waals surface area contributed by atoms with Crippen LogP contribution in [0.4, 0.5) is 13.2 Å². The summed E-state index contributed by atoms with van der Waals surface area (Å²) in [6, 6.07) is 5.31. The fourth-order valence-corrected chi connectivity index (χ4v) is 5.12. The molecule has 0 radical (unpaired) electrons. The fraction of sp³-hybridized carbons (Fsp3) is 0.440. The van der Waals surface area contributed by atoms with E-state index in [1.165, 1.54) is 24.1 Å². The molecule has 0 bridgehead atoms. The summed E-state index contributed by atoms with van der Waals surface area (Å²) in [5, 5.41) is 3.54. The molecular weight excluding hydrogens is 493 g/mol. The van der Waals surface area contributed by atoms with Gasteiger partial charge in [-0.25, -0.2) is 15.0 Å². The molecule has 3 heterocycles. The molecule has 1 aromatic carbocycles. The average Bonchev–Trinajstić information content (AvgIpc) is 3.52. The van der Waals surface area contributed by atoms with Gasteiger partial charge in [0.25, 0.3) is 5.91 Å². The van der Waals surface area contributed by atoms with E-state index in [0.29, 0.717) is 41.9 Å². The lowest BCUT2D eigenvalue weighted by Crippen LogP contribution is -2.23. The lowest BCUT2D eigenvalue weighted by Gasteiger charge is -2.23. The maximum Gasteiger partial charge on any atom is 0.451 e. The van der Waals surface area contributed by atoms with Crippen molar-refractivity contribution in [3.63, 3.8) is 0 Å². The molecule has 1 amide bonds. The lowest BCUT2D eigenvalue weighted by molar-refractivity contribution is -0.145. The van der Waals surface area contributed by atoms with Crippen LogP contribution >= 0.6 is 11.3 Å². The first kappa shape index (κ1) is 24.6. The summed E-state index contributed by atoms with van der Waals surface area (Å²) in [5.74, 6) is -0.184. The maximum atomic E-state index is 13.0. The van der Waals surface area contributed by atoms with Gasteiger partial charge in [0, 0.05) is 59.2 Å². The number of hydrogen-bond donors (Lipinski definition) is 1. The molecule has 2 fully saturated rings. The minimum Gasteiger partial charge on any atom is -0.493 e. The third kappa shape index (κ3) is 5.84. The highest BCUT2D eigenvalue weighted by molar-refractivity contribution is 7.15. The van der Waals surface area contributed by atoms with E-state index < -0.39 is 12.0 Å². The molecule has 5 rings (SSSR count). The molecule has 3 aromatic rings. The first-order valence-electron chi connectivity index (χ1n) is 11.8. The zero-order valence-electron chi connectivity index (χ0n) is 19.4. The van der Waals surface area contributed by atoms with Crippen molar-refractivity contribution in [2.75, 3.05) is 19.8 Å². The molecule has 1 aliphatic carbocycles. The van der Waals surface area contributed by atoms with Crippen molar-refractivity contribution in [2.45, 2.75) is 44.3 Å². The minimum atomic E-state index is -4.61. The van der Waals surface area contributed by atoms with Gasteiger partial charge in [0.1, 0.15) is 10.8 Å². The van der Waals surface area contributed by atoms with Gasteiger partial charge in [0.2, 0.25) is 5.82 Å². The number of ether oxygens (including phenoxy) is 2. The Labute approximate surface area is 210 Å². The minimum absolute atomic E-state index is 0.0140. The van der Waals surface area contributed by atoms with Crippen molar-refractivity contribution >= 4 is 17.2 Å². The highest BCUT2D eigenvalue weighted by Gasteiger charge is 2.34. The van der Waals surface area contributed by atoms with E-state index in [0.717, 1.165) is 36.0 Å². The first-order valence-corrected chi connectivity index (χ1v) is 12.6. The second kappa shape index (κ2) is 10.5. The van der Waals surface area contributed by atoms with Crippen molar-refractivity contribution in [1.29, 1.82) is 0 Å². The third-order valence-electron chi connectivity index (χ3n) is 6.37. The first-order chi connectivity index (χ1) is 17.3. The maximum absolute atomic E-state index is 13.0. The summed E-state index contributed by atoms with van der Waals surface area (Å²) >= 11 is 1.63. The number of nitrogens with zero attached hydrogens (tertiary/aromatic N) is 3. The van der Waals surface area contributed by atoms with Crippen LogP contribution in [-0.4, -0.2) is 40.7 Å². The van der Waals surface area contributed by atoms with Gasteiger partial charge in [0.05, 0.1) is 13.2 Å². The van der Waals surface area contributed by atoms with Crippen LogP contribution in [0.5, 0.6) is 5.75 Å². The summed E-state index contributed by atoms with van der Waals surface area (Å²) in [7, 11) is 0. The summed E-state index contributed by atoms with van der Waals surface area (Å²) in [4.78, 5) is 25.5. The van der Waals surface area contributed by atoms with Gasteiger partial charge in [-0.1, -0.05) is 6.42 Å². The molecule has 1 N–H and O–H groups in total. The van der Waals surface area contributed by atoms with Gasteiger partial charge in [-0.2, -0.15) is 13.2 Å². The number of benzene rings is 1. The Morgan fingerprint density at radius 3 is 2.58 bits per heavy atom. The topological polar surface area (TPSA) is 86.2 Å². The molecule has 1 aliphatic heterocycles. The van der Waals surface area contributed by atoms with Gasteiger partial charge in [0.15, 0.2) is 0 Å². The number of aromatic nitrogens is 3. The van der Waals surface area contributed by atoms with Crippen LogP contribution in [0, 0.1) is 5.92 Å².